The second-order valence-corrected chi connectivity index (χ2v) is 8.69. The first-order valence-electron chi connectivity index (χ1n) is 8.98. The molecule has 0 saturated heterocycles. The third kappa shape index (κ3) is 1.78. The van der Waals surface area contributed by atoms with Crippen LogP contribution >= 0.6 is 0 Å². The topological polar surface area (TPSA) is 57.5 Å². The van der Waals surface area contributed by atoms with Gasteiger partial charge in [0.15, 0.2) is 0 Å². The number of ketones is 1. The van der Waals surface area contributed by atoms with Gasteiger partial charge in [-0.25, -0.2) is 0 Å². The summed E-state index contributed by atoms with van der Waals surface area (Å²) < 4.78 is 0. The van der Waals surface area contributed by atoms with Crippen molar-refractivity contribution in [3.05, 3.63) is 11.6 Å². The molecule has 7 atom stereocenters. The zero-order chi connectivity index (χ0) is 15.7. The van der Waals surface area contributed by atoms with E-state index in [2.05, 4.69) is 13.8 Å². The number of Topliss-reactive ketones (excluding diaryl/α,β-unsaturated/α-hetero) is 1. The molecule has 2 N–H and O–H groups in total. The first kappa shape index (κ1) is 14.9. The maximum absolute atomic E-state index is 12.4. The summed E-state index contributed by atoms with van der Waals surface area (Å²) in [5.74, 6) is 1.95. The van der Waals surface area contributed by atoms with Gasteiger partial charge in [0, 0.05) is 11.8 Å². The van der Waals surface area contributed by atoms with Crippen molar-refractivity contribution < 1.29 is 15.0 Å². The Labute approximate surface area is 132 Å². The molecule has 0 aromatic rings. The lowest BCUT2D eigenvalue weighted by Gasteiger charge is -2.58. The van der Waals surface area contributed by atoms with Crippen LogP contribution in [0.15, 0.2) is 11.6 Å². The Hall–Kier alpha value is -0.670. The van der Waals surface area contributed by atoms with Crippen LogP contribution in [-0.2, 0) is 4.79 Å². The van der Waals surface area contributed by atoms with E-state index in [4.69, 9.17) is 0 Å². The van der Waals surface area contributed by atoms with E-state index < -0.39 is 12.2 Å². The molecule has 22 heavy (non-hydrogen) atoms. The average molecular weight is 304 g/mol. The molecule has 0 aliphatic heterocycles. The number of hydrogen-bond acceptors (Lipinski definition) is 3. The maximum Gasteiger partial charge on any atom is 0.139 e. The summed E-state index contributed by atoms with van der Waals surface area (Å²) in [6.07, 6.45) is 7.52. The lowest BCUT2D eigenvalue weighted by molar-refractivity contribution is -0.134. The predicted octanol–water partition coefficient (Wildman–Crippen LogP) is 2.85. The van der Waals surface area contributed by atoms with Crippen molar-refractivity contribution in [2.45, 2.75) is 71.0 Å². The summed E-state index contributed by atoms with van der Waals surface area (Å²) >= 11 is 0. The molecule has 1 unspecified atom stereocenters. The van der Waals surface area contributed by atoms with E-state index in [9.17, 15) is 15.0 Å². The van der Waals surface area contributed by atoms with Crippen LogP contribution in [0.1, 0.15) is 58.8 Å². The number of carbonyl (C=O) groups is 1. The monoisotopic (exact) mass is 304 g/mol. The van der Waals surface area contributed by atoms with Gasteiger partial charge in [0.05, 0.1) is 12.2 Å². The Morgan fingerprint density at radius 2 is 1.73 bits per heavy atom. The van der Waals surface area contributed by atoms with Gasteiger partial charge in [-0.05, 0) is 67.3 Å². The second kappa shape index (κ2) is 4.67. The van der Waals surface area contributed by atoms with Gasteiger partial charge in [-0.2, -0.15) is 0 Å². The van der Waals surface area contributed by atoms with Crippen LogP contribution in [0.25, 0.3) is 0 Å². The molecule has 0 amide bonds. The van der Waals surface area contributed by atoms with Crippen molar-refractivity contribution in [3.63, 3.8) is 0 Å². The normalized spacial score (nSPS) is 54.3. The molecule has 0 aromatic carbocycles. The van der Waals surface area contributed by atoms with E-state index in [0.29, 0.717) is 23.5 Å². The van der Waals surface area contributed by atoms with Crippen LogP contribution in [0.3, 0.4) is 0 Å². The fraction of sp³-hybridized carbons (Fsp3) is 0.842. The zero-order valence-corrected chi connectivity index (χ0v) is 13.7. The highest BCUT2D eigenvalue weighted by Gasteiger charge is 2.60. The highest BCUT2D eigenvalue weighted by Crippen LogP contribution is 2.64. The lowest BCUT2D eigenvalue weighted by Crippen LogP contribution is -2.54. The fourth-order valence-corrected chi connectivity index (χ4v) is 6.53. The molecule has 0 heterocycles. The molecule has 3 fully saturated rings. The Kier molecular flexibility index (Phi) is 3.16. The molecule has 4 rings (SSSR count). The smallest absolute Gasteiger partial charge is 0.139 e. The van der Waals surface area contributed by atoms with Gasteiger partial charge in [-0.3, -0.25) is 4.79 Å². The van der Waals surface area contributed by atoms with Crippen molar-refractivity contribution in [1.82, 2.24) is 0 Å². The van der Waals surface area contributed by atoms with Crippen LogP contribution in [0.2, 0.25) is 0 Å². The van der Waals surface area contributed by atoms with E-state index in [1.807, 2.05) is 6.08 Å². The molecule has 3 heteroatoms. The maximum atomic E-state index is 12.4. The quantitative estimate of drug-likeness (QED) is 0.677. The number of carbonyl (C=O) groups excluding carboxylic acids is 1. The Bertz CT molecular complexity index is 539. The molecule has 122 valence electrons. The zero-order valence-electron chi connectivity index (χ0n) is 13.7. The second-order valence-electron chi connectivity index (χ2n) is 8.69. The van der Waals surface area contributed by atoms with Crippen molar-refractivity contribution in [2.75, 3.05) is 0 Å². The van der Waals surface area contributed by atoms with Crippen LogP contribution < -0.4 is 0 Å². The number of hydrogen-bond donors (Lipinski definition) is 2. The average Bonchev–Trinajstić information content (AvgIpc) is 2.77. The molecule has 0 aromatic heterocycles. The predicted molar refractivity (Wildman–Crippen MR) is 84.1 cm³/mol. The summed E-state index contributed by atoms with van der Waals surface area (Å²) in [6, 6.07) is 0. The summed E-state index contributed by atoms with van der Waals surface area (Å²) in [5, 5.41) is 20.7. The van der Waals surface area contributed by atoms with Crippen LogP contribution in [-0.4, -0.2) is 28.2 Å². The molecule has 3 saturated carbocycles. The van der Waals surface area contributed by atoms with E-state index in [0.717, 1.165) is 50.5 Å². The van der Waals surface area contributed by atoms with Gasteiger partial charge in [0.1, 0.15) is 5.78 Å². The minimum absolute atomic E-state index is 0.0224. The van der Waals surface area contributed by atoms with Gasteiger partial charge < -0.3 is 10.2 Å². The van der Waals surface area contributed by atoms with E-state index >= 15 is 0 Å². The minimum Gasteiger partial charge on any atom is -0.389 e. The third-order valence-electron chi connectivity index (χ3n) is 7.81. The molecular formula is C19H28O3. The number of fused-ring (bicyclic) bond motifs is 5. The standard InChI is InChI=1S/C19H28O3/c1-18-7-5-11(20)9-15(18)16(21)10-12-13-3-4-17(22)19(13,2)8-6-14(12)18/h9,11-14,16,20-21H,3-8,10H2,1-2H3/t11?,12-,13-,14-,16+,18+,19-/m0/s1. The first-order chi connectivity index (χ1) is 10.4. The summed E-state index contributed by atoms with van der Waals surface area (Å²) in [5.41, 5.74) is 0.974. The number of aliphatic hydroxyl groups excluding tert-OH is 2. The lowest BCUT2D eigenvalue weighted by atomic mass is 9.47. The number of rotatable bonds is 0. The van der Waals surface area contributed by atoms with Crippen molar-refractivity contribution in [3.8, 4) is 0 Å². The SMILES string of the molecule is C[C@]12CCC(O)C=C1[C@H](O)C[C@@H]1[C@@H]2CC[C@]2(C)C(=O)CC[C@@H]12. The molecule has 0 bridgehead atoms. The molecule has 4 aliphatic rings. The molecule has 3 nitrogen and oxygen atoms in total. The highest BCUT2D eigenvalue weighted by atomic mass is 16.3. The first-order valence-corrected chi connectivity index (χ1v) is 8.98. The van der Waals surface area contributed by atoms with E-state index in [1.165, 1.54) is 0 Å². The Morgan fingerprint density at radius 3 is 2.50 bits per heavy atom. The largest absolute Gasteiger partial charge is 0.389 e. The van der Waals surface area contributed by atoms with Crippen molar-refractivity contribution >= 4 is 5.78 Å². The molecule has 0 radical (unpaired) electrons. The summed E-state index contributed by atoms with van der Waals surface area (Å²) in [6.45, 7) is 4.47. The van der Waals surface area contributed by atoms with Crippen molar-refractivity contribution in [1.29, 1.82) is 0 Å². The van der Waals surface area contributed by atoms with Crippen molar-refractivity contribution in [2.24, 2.45) is 28.6 Å². The van der Waals surface area contributed by atoms with Gasteiger partial charge >= 0.3 is 0 Å². The summed E-state index contributed by atoms with van der Waals surface area (Å²) in [7, 11) is 0. The van der Waals surface area contributed by atoms with Crippen LogP contribution in [0.4, 0.5) is 0 Å². The number of aliphatic hydroxyl groups is 2. The minimum atomic E-state index is -0.431. The highest BCUT2D eigenvalue weighted by molar-refractivity contribution is 5.87. The van der Waals surface area contributed by atoms with Crippen LogP contribution in [0, 0.1) is 28.6 Å². The fourth-order valence-electron chi connectivity index (χ4n) is 6.53. The third-order valence-corrected chi connectivity index (χ3v) is 7.81. The van der Waals surface area contributed by atoms with E-state index in [1.54, 1.807) is 0 Å². The van der Waals surface area contributed by atoms with Gasteiger partial charge in [-0.1, -0.05) is 19.9 Å². The molecule has 0 spiro atoms. The van der Waals surface area contributed by atoms with Crippen LogP contribution in [0.5, 0.6) is 0 Å². The Morgan fingerprint density at radius 1 is 1.05 bits per heavy atom. The molecular weight excluding hydrogens is 276 g/mol. The van der Waals surface area contributed by atoms with Gasteiger partial charge in [0.2, 0.25) is 0 Å². The van der Waals surface area contributed by atoms with E-state index in [-0.39, 0.29) is 10.8 Å². The Balaban J connectivity index is 1.73. The molecule has 4 aliphatic carbocycles. The van der Waals surface area contributed by atoms with Gasteiger partial charge in [0.25, 0.3) is 0 Å². The summed E-state index contributed by atoms with van der Waals surface area (Å²) in [4.78, 5) is 12.4. The van der Waals surface area contributed by atoms with Gasteiger partial charge in [-0.15, -0.1) is 0 Å².